The molecule has 0 unspecified atom stereocenters. The van der Waals surface area contributed by atoms with E-state index in [4.69, 9.17) is 18.0 Å². The molecule has 2 aromatic carbocycles. The van der Waals surface area contributed by atoms with Gasteiger partial charge in [0.1, 0.15) is 11.4 Å². The summed E-state index contributed by atoms with van der Waals surface area (Å²) in [5, 5.41) is 8.50. The summed E-state index contributed by atoms with van der Waals surface area (Å²) in [5.74, 6) is 0.533. The first-order chi connectivity index (χ1) is 10.7. The van der Waals surface area contributed by atoms with Gasteiger partial charge in [-0.25, -0.2) is 4.98 Å². The van der Waals surface area contributed by atoms with Gasteiger partial charge >= 0.3 is 0 Å². The summed E-state index contributed by atoms with van der Waals surface area (Å²) in [4.78, 5) is 4.97. The predicted molar refractivity (Wildman–Crippen MR) is 91.2 cm³/mol. The van der Waals surface area contributed by atoms with Crippen LogP contribution in [0.25, 0.3) is 22.5 Å². The lowest BCUT2D eigenvalue weighted by molar-refractivity contribution is 0.896. The highest BCUT2D eigenvalue weighted by Crippen LogP contribution is 2.27. The summed E-state index contributed by atoms with van der Waals surface area (Å²) in [6.07, 6.45) is 0.344. The van der Waals surface area contributed by atoms with Crippen molar-refractivity contribution in [3.8, 4) is 22.5 Å². The molecule has 0 aliphatic rings. The number of thiocarbonyl (C=S) groups is 1. The van der Waals surface area contributed by atoms with Crippen molar-refractivity contribution < 1.29 is 0 Å². The molecular formula is C17H14N4S. The molecule has 0 fully saturated rings. The van der Waals surface area contributed by atoms with E-state index in [-0.39, 0.29) is 0 Å². The molecule has 4 nitrogen and oxygen atoms in total. The van der Waals surface area contributed by atoms with E-state index in [0.717, 1.165) is 22.5 Å². The zero-order chi connectivity index (χ0) is 15.4. The molecule has 0 saturated carbocycles. The second-order valence-corrected chi connectivity index (χ2v) is 5.32. The molecule has 5 heteroatoms. The Labute approximate surface area is 134 Å². The average Bonchev–Trinajstić information content (AvgIpc) is 2.56. The van der Waals surface area contributed by atoms with Crippen LogP contribution in [0.4, 0.5) is 0 Å². The van der Waals surface area contributed by atoms with Crippen LogP contribution in [0.15, 0.2) is 60.7 Å². The van der Waals surface area contributed by atoms with E-state index >= 15 is 0 Å². The highest BCUT2D eigenvalue weighted by atomic mass is 32.1. The largest absolute Gasteiger partial charge is 0.393 e. The monoisotopic (exact) mass is 306 g/mol. The topological polar surface area (TPSA) is 64.7 Å². The molecule has 2 N–H and O–H groups in total. The van der Waals surface area contributed by atoms with Crippen LogP contribution in [-0.2, 0) is 6.42 Å². The van der Waals surface area contributed by atoms with E-state index in [2.05, 4.69) is 15.2 Å². The summed E-state index contributed by atoms with van der Waals surface area (Å²) in [7, 11) is 0. The minimum absolute atomic E-state index is 0.344. The Bertz CT molecular complexity index is 788. The van der Waals surface area contributed by atoms with Gasteiger partial charge in [0.05, 0.1) is 11.4 Å². The summed E-state index contributed by atoms with van der Waals surface area (Å²) < 4.78 is 0. The SMILES string of the molecule is NC(=S)Cc1nnc(-c2ccccc2)c(-c2ccccc2)n1. The van der Waals surface area contributed by atoms with Crippen molar-refractivity contribution in [3.05, 3.63) is 66.5 Å². The number of aromatic nitrogens is 3. The van der Waals surface area contributed by atoms with Crippen LogP contribution >= 0.6 is 12.2 Å². The Morgan fingerprint density at radius 1 is 0.818 bits per heavy atom. The minimum atomic E-state index is 0.344. The number of hydrogen-bond donors (Lipinski definition) is 1. The number of nitrogens with zero attached hydrogens (tertiary/aromatic N) is 3. The quantitative estimate of drug-likeness (QED) is 0.751. The van der Waals surface area contributed by atoms with E-state index < -0.39 is 0 Å². The fourth-order valence-electron chi connectivity index (χ4n) is 2.18. The van der Waals surface area contributed by atoms with Crippen molar-refractivity contribution in [2.45, 2.75) is 6.42 Å². The Hall–Kier alpha value is -2.66. The molecule has 0 saturated heterocycles. The second kappa shape index (κ2) is 6.41. The van der Waals surface area contributed by atoms with Crippen LogP contribution in [0.1, 0.15) is 5.82 Å². The molecule has 0 amide bonds. The van der Waals surface area contributed by atoms with Crippen LogP contribution in [-0.4, -0.2) is 20.2 Å². The van der Waals surface area contributed by atoms with Crippen LogP contribution in [0.3, 0.4) is 0 Å². The van der Waals surface area contributed by atoms with Gasteiger partial charge in [-0.05, 0) is 0 Å². The molecule has 1 heterocycles. The first-order valence-electron chi connectivity index (χ1n) is 6.87. The Morgan fingerprint density at radius 3 is 1.91 bits per heavy atom. The molecule has 3 aromatic rings. The first-order valence-corrected chi connectivity index (χ1v) is 7.27. The summed E-state index contributed by atoms with van der Waals surface area (Å²) in [6, 6.07) is 19.8. The van der Waals surface area contributed by atoms with Crippen molar-refractivity contribution in [3.63, 3.8) is 0 Å². The summed E-state index contributed by atoms with van der Waals surface area (Å²) >= 11 is 4.93. The molecule has 0 atom stereocenters. The fourth-order valence-corrected chi connectivity index (χ4v) is 2.31. The Kier molecular flexibility index (Phi) is 4.16. The molecular weight excluding hydrogens is 292 g/mol. The molecule has 0 bridgehead atoms. The van der Waals surface area contributed by atoms with E-state index in [1.54, 1.807) is 0 Å². The normalized spacial score (nSPS) is 10.4. The highest BCUT2D eigenvalue weighted by Gasteiger charge is 2.13. The van der Waals surface area contributed by atoms with Gasteiger partial charge in [-0.1, -0.05) is 72.9 Å². The molecule has 0 radical (unpaired) electrons. The number of rotatable bonds is 4. The number of nitrogens with two attached hydrogens (primary N) is 1. The van der Waals surface area contributed by atoms with Gasteiger partial charge in [-0.3, -0.25) is 0 Å². The van der Waals surface area contributed by atoms with Gasteiger partial charge in [-0.2, -0.15) is 0 Å². The predicted octanol–water partition coefficient (Wildman–Crippen LogP) is 3.03. The lowest BCUT2D eigenvalue weighted by Gasteiger charge is -2.09. The Morgan fingerprint density at radius 2 is 1.36 bits per heavy atom. The summed E-state index contributed by atoms with van der Waals surface area (Å²) in [6.45, 7) is 0. The molecule has 108 valence electrons. The summed E-state index contributed by atoms with van der Waals surface area (Å²) in [5.41, 5.74) is 9.08. The second-order valence-electron chi connectivity index (χ2n) is 4.80. The number of benzene rings is 2. The number of hydrogen-bond acceptors (Lipinski definition) is 4. The van der Waals surface area contributed by atoms with Crippen molar-refractivity contribution >= 4 is 17.2 Å². The zero-order valence-corrected chi connectivity index (χ0v) is 12.6. The van der Waals surface area contributed by atoms with Crippen molar-refractivity contribution in [2.24, 2.45) is 5.73 Å². The van der Waals surface area contributed by atoms with Gasteiger partial charge in [0, 0.05) is 11.1 Å². The van der Waals surface area contributed by atoms with Gasteiger partial charge in [0.15, 0.2) is 5.82 Å². The van der Waals surface area contributed by atoms with Gasteiger partial charge in [0.2, 0.25) is 0 Å². The van der Waals surface area contributed by atoms with Crippen molar-refractivity contribution in [1.29, 1.82) is 0 Å². The molecule has 1 aromatic heterocycles. The van der Waals surface area contributed by atoms with Crippen LogP contribution in [0.5, 0.6) is 0 Å². The standard InChI is InChI=1S/C17H14N4S/c18-14(22)11-15-19-16(12-7-3-1-4-8-12)17(21-20-15)13-9-5-2-6-10-13/h1-10H,11H2,(H2,18,22). The fraction of sp³-hybridized carbons (Fsp3) is 0.0588. The molecule has 3 rings (SSSR count). The third-order valence-electron chi connectivity index (χ3n) is 3.16. The third kappa shape index (κ3) is 3.15. The van der Waals surface area contributed by atoms with Crippen LogP contribution < -0.4 is 5.73 Å². The van der Waals surface area contributed by atoms with Crippen molar-refractivity contribution in [1.82, 2.24) is 15.2 Å². The average molecular weight is 306 g/mol. The smallest absolute Gasteiger partial charge is 0.158 e. The van der Waals surface area contributed by atoms with Gasteiger partial charge in [0.25, 0.3) is 0 Å². The zero-order valence-electron chi connectivity index (χ0n) is 11.8. The maximum absolute atomic E-state index is 5.59. The molecule has 0 aliphatic carbocycles. The lowest BCUT2D eigenvalue weighted by atomic mass is 10.0. The Balaban J connectivity index is 2.15. The highest BCUT2D eigenvalue weighted by molar-refractivity contribution is 7.80. The maximum Gasteiger partial charge on any atom is 0.158 e. The van der Waals surface area contributed by atoms with E-state index in [1.807, 2.05) is 60.7 Å². The minimum Gasteiger partial charge on any atom is -0.393 e. The van der Waals surface area contributed by atoms with Crippen LogP contribution in [0.2, 0.25) is 0 Å². The molecule has 0 aliphatic heterocycles. The van der Waals surface area contributed by atoms with E-state index in [0.29, 0.717) is 17.2 Å². The first kappa shape index (κ1) is 14.3. The van der Waals surface area contributed by atoms with Crippen LogP contribution in [0, 0.1) is 0 Å². The van der Waals surface area contributed by atoms with Gasteiger partial charge in [-0.15, -0.1) is 10.2 Å². The van der Waals surface area contributed by atoms with Crippen molar-refractivity contribution in [2.75, 3.05) is 0 Å². The molecule has 22 heavy (non-hydrogen) atoms. The lowest BCUT2D eigenvalue weighted by Crippen LogP contribution is -2.14. The van der Waals surface area contributed by atoms with E-state index in [9.17, 15) is 0 Å². The molecule has 0 spiro atoms. The maximum atomic E-state index is 5.59. The third-order valence-corrected chi connectivity index (χ3v) is 3.30. The van der Waals surface area contributed by atoms with Gasteiger partial charge < -0.3 is 5.73 Å². The van der Waals surface area contributed by atoms with E-state index in [1.165, 1.54) is 0 Å².